The Kier molecular flexibility index (Phi) is 6.91. The summed E-state index contributed by atoms with van der Waals surface area (Å²) in [7, 11) is -5.17. The van der Waals surface area contributed by atoms with Crippen molar-refractivity contribution < 1.29 is 22.6 Å². The predicted octanol–water partition coefficient (Wildman–Crippen LogP) is 0.222. The molecule has 1 heterocycles. The van der Waals surface area contributed by atoms with Gasteiger partial charge in [0.05, 0.1) is 0 Å². The van der Waals surface area contributed by atoms with Crippen LogP contribution in [0.15, 0.2) is 36.5 Å². The molecule has 0 aliphatic carbocycles. The van der Waals surface area contributed by atoms with Gasteiger partial charge in [-0.15, -0.1) is 0 Å². The van der Waals surface area contributed by atoms with E-state index in [1.807, 2.05) is 18.2 Å². The Morgan fingerprint density at radius 1 is 1.12 bits per heavy atom. The number of fused-ring (bicyclic) bond motifs is 1. The first kappa shape index (κ1) is 16.6. The number of nitrogens with zero attached hydrogens (tertiary/aromatic N) is 1. The summed E-state index contributed by atoms with van der Waals surface area (Å²) in [4.78, 5) is 4.03. The molecule has 86 valence electrons. The standard InChI is InChI=1S/C9H7NO.Ca.H2O4S/c11-8-5-1-3-7-4-2-6-10-9(7)8;;1-5(2,3)4/h1-6,11H;;(H2,1,2,3,4)/q;+2;/p-2. The summed E-state index contributed by atoms with van der Waals surface area (Å²) >= 11 is 0. The molecule has 0 atom stereocenters. The second-order valence-electron chi connectivity index (χ2n) is 2.76. The Bertz CT molecular complexity index is 573. The van der Waals surface area contributed by atoms with Gasteiger partial charge in [-0.25, -0.2) is 0 Å². The van der Waals surface area contributed by atoms with Crippen LogP contribution < -0.4 is 0 Å². The number of benzene rings is 1. The summed E-state index contributed by atoms with van der Waals surface area (Å²) in [6.45, 7) is 0. The van der Waals surface area contributed by atoms with Gasteiger partial charge in [-0.2, -0.15) is 0 Å². The molecule has 0 fully saturated rings. The van der Waals surface area contributed by atoms with Gasteiger partial charge in [-0.1, -0.05) is 18.2 Å². The van der Waals surface area contributed by atoms with Crippen LogP contribution in [0.5, 0.6) is 5.75 Å². The molecule has 0 spiro atoms. The number of hydrogen-bond donors (Lipinski definition) is 1. The summed E-state index contributed by atoms with van der Waals surface area (Å²) in [5.41, 5.74) is 0.662. The van der Waals surface area contributed by atoms with Crippen molar-refractivity contribution in [1.82, 2.24) is 4.98 Å². The molecular formula is C9H7CaNO5S. The first-order valence-corrected chi connectivity index (χ1v) is 5.40. The van der Waals surface area contributed by atoms with Crippen molar-refractivity contribution in [2.75, 3.05) is 0 Å². The molecular weight excluding hydrogens is 274 g/mol. The summed E-state index contributed by atoms with van der Waals surface area (Å²) < 4.78 is 34.1. The normalized spacial score (nSPS) is 10.0. The Hall–Kier alpha value is -0.440. The molecule has 0 unspecified atom stereocenters. The number of aromatic hydroxyl groups is 1. The topological polar surface area (TPSA) is 113 Å². The van der Waals surface area contributed by atoms with E-state index in [1.165, 1.54) is 0 Å². The molecule has 2 aromatic rings. The van der Waals surface area contributed by atoms with Crippen molar-refractivity contribution in [3.8, 4) is 5.75 Å². The Labute approximate surface area is 128 Å². The fourth-order valence-corrected chi connectivity index (χ4v) is 1.09. The summed E-state index contributed by atoms with van der Waals surface area (Å²) in [6, 6.07) is 9.13. The second kappa shape index (κ2) is 7.10. The first-order chi connectivity index (χ1) is 7.38. The van der Waals surface area contributed by atoms with Gasteiger partial charge >= 0.3 is 37.7 Å². The number of hydrogen-bond acceptors (Lipinski definition) is 6. The number of pyridine rings is 1. The van der Waals surface area contributed by atoms with Crippen molar-refractivity contribution in [3.63, 3.8) is 0 Å². The van der Waals surface area contributed by atoms with Crippen LogP contribution in [0.1, 0.15) is 0 Å². The zero-order chi connectivity index (χ0) is 12.2. The van der Waals surface area contributed by atoms with Gasteiger partial charge in [0, 0.05) is 22.0 Å². The van der Waals surface area contributed by atoms with E-state index < -0.39 is 10.4 Å². The molecule has 0 radical (unpaired) electrons. The van der Waals surface area contributed by atoms with Crippen LogP contribution >= 0.6 is 0 Å². The van der Waals surface area contributed by atoms with E-state index in [0.717, 1.165) is 5.39 Å². The first-order valence-electron chi connectivity index (χ1n) is 4.07. The molecule has 1 N–H and O–H groups in total. The third-order valence-electron chi connectivity index (χ3n) is 1.61. The van der Waals surface area contributed by atoms with E-state index >= 15 is 0 Å². The Balaban J connectivity index is 0.000000373. The summed E-state index contributed by atoms with van der Waals surface area (Å²) in [5, 5.41) is 10.3. The van der Waals surface area contributed by atoms with Crippen LogP contribution in [0.2, 0.25) is 0 Å². The molecule has 0 aliphatic heterocycles. The minimum absolute atomic E-state index is 0. The molecule has 0 bridgehead atoms. The maximum atomic E-state index is 9.31. The van der Waals surface area contributed by atoms with Crippen LogP contribution in [0, 0.1) is 0 Å². The molecule has 2 rings (SSSR count). The molecule has 17 heavy (non-hydrogen) atoms. The number of aromatic nitrogens is 1. The van der Waals surface area contributed by atoms with Gasteiger partial charge in [-0.3, -0.25) is 13.4 Å². The van der Waals surface area contributed by atoms with Crippen molar-refractivity contribution >= 4 is 59.0 Å². The summed E-state index contributed by atoms with van der Waals surface area (Å²) in [6.07, 6.45) is 1.67. The van der Waals surface area contributed by atoms with E-state index in [9.17, 15) is 5.11 Å². The van der Waals surface area contributed by atoms with Crippen LogP contribution in [-0.2, 0) is 10.4 Å². The van der Waals surface area contributed by atoms with Crippen LogP contribution in [-0.4, -0.2) is 65.4 Å². The van der Waals surface area contributed by atoms with E-state index in [2.05, 4.69) is 4.98 Å². The van der Waals surface area contributed by atoms with Crippen molar-refractivity contribution in [2.45, 2.75) is 0 Å². The van der Waals surface area contributed by atoms with Crippen molar-refractivity contribution in [1.29, 1.82) is 0 Å². The van der Waals surface area contributed by atoms with Crippen molar-refractivity contribution in [2.24, 2.45) is 0 Å². The molecule has 1 aromatic carbocycles. The Morgan fingerprint density at radius 2 is 1.65 bits per heavy atom. The molecule has 6 nitrogen and oxygen atoms in total. The van der Waals surface area contributed by atoms with Crippen molar-refractivity contribution in [3.05, 3.63) is 36.5 Å². The maximum absolute atomic E-state index is 9.31. The molecule has 0 saturated heterocycles. The smallest absolute Gasteiger partial charge is 0.759 e. The number of phenolic OH excluding ortho intramolecular Hbond substituents is 1. The molecule has 0 amide bonds. The van der Waals surface area contributed by atoms with E-state index in [0.29, 0.717) is 5.52 Å². The van der Waals surface area contributed by atoms with E-state index in [-0.39, 0.29) is 43.5 Å². The minimum Gasteiger partial charge on any atom is -0.759 e. The second-order valence-corrected chi connectivity index (χ2v) is 3.58. The quantitative estimate of drug-likeness (QED) is 0.420. The number of para-hydroxylation sites is 1. The van der Waals surface area contributed by atoms with Gasteiger partial charge in [0.2, 0.25) is 0 Å². The number of phenols is 1. The van der Waals surface area contributed by atoms with Gasteiger partial charge in [0.15, 0.2) is 0 Å². The Morgan fingerprint density at radius 3 is 2.18 bits per heavy atom. The molecule has 0 saturated carbocycles. The zero-order valence-electron chi connectivity index (χ0n) is 8.61. The fraction of sp³-hybridized carbons (Fsp3) is 0. The molecule has 8 heteroatoms. The SMILES string of the molecule is O=S(=O)([O-])[O-].Oc1cccc2cccnc12.[Ca+2]. The minimum atomic E-state index is -5.17. The average molecular weight is 281 g/mol. The zero-order valence-corrected chi connectivity index (χ0v) is 11.6. The molecule has 1 aromatic heterocycles. The maximum Gasteiger partial charge on any atom is 2.00 e. The average Bonchev–Trinajstić information content (AvgIpc) is 2.16. The summed E-state index contributed by atoms with van der Waals surface area (Å²) in [5.74, 6) is 0.239. The van der Waals surface area contributed by atoms with Crippen LogP contribution in [0.4, 0.5) is 0 Å². The monoisotopic (exact) mass is 281 g/mol. The van der Waals surface area contributed by atoms with Gasteiger partial charge in [0.25, 0.3) is 0 Å². The number of rotatable bonds is 0. The van der Waals surface area contributed by atoms with Gasteiger partial charge in [0.1, 0.15) is 11.3 Å². The molecule has 0 aliphatic rings. The third kappa shape index (κ3) is 6.77. The fourth-order valence-electron chi connectivity index (χ4n) is 1.09. The third-order valence-corrected chi connectivity index (χ3v) is 1.61. The van der Waals surface area contributed by atoms with E-state index in [1.54, 1.807) is 18.3 Å². The van der Waals surface area contributed by atoms with Crippen LogP contribution in [0.25, 0.3) is 10.9 Å². The van der Waals surface area contributed by atoms with Gasteiger partial charge < -0.3 is 14.2 Å². The van der Waals surface area contributed by atoms with Crippen LogP contribution in [0.3, 0.4) is 0 Å². The van der Waals surface area contributed by atoms with Gasteiger partial charge in [-0.05, 0) is 12.1 Å². The van der Waals surface area contributed by atoms with E-state index in [4.69, 9.17) is 17.5 Å². The predicted molar refractivity (Wildman–Crippen MR) is 59.6 cm³/mol. The largest absolute Gasteiger partial charge is 2.00 e.